The average molecular weight is 351 g/mol. The van der Waals surface area contributed by atoms with Gasteiger partial charge < -0.3 is 9.80 Å². The van der Waals surface area contributed by atoms with Gasteiger partial charge in [0.25, 0.3) is 0 Å². The van der Waals surface area contributed by atoms with Crippen molar-refractivity contribution in [2.24, 2.45) is 0 Å². The number of rotatable bonds is 3. The zero-order valence-corrected chi connectivity index (χ0v) is 14.4. The maximum absolute atomic E-state index is 12.6. The zero-order chi connectivity index (χ0) is 16.2. The maximum atomic E-state index is 12.6. The second-order valence-electron chi connectivity index (χ2n) is 5.74. The lowest BCUT2D eigenvalue weighted by molar-refractivity contribution is -0.140. The molecule has 4 nitrogen and oxygen atoms in total. The van der Waals surface area contributed by atoms with Crippen molar-refractivity contribution in [3.05, 3.63) is 40.9 Å². The fraction of sp³-hybridized carbons (Fsp3) is 0.412. The lowest BCUT2D eigenvalue weighted by Gasteiger charge is -2.26. The Labute approximate surface area is 145 Å². The predicted octanol–water partition coefficient (Wildman–Crippen LogP) is 2.88. The van der Waals surface area contributed by atoms with Crippen LogP contribution in [0.3, 0.4) is 0 Å². The number of nitrogens with zero attached hydrogens (tertiary/aromatic N) is 2. The van der Waals surface area contributed by atoms with Crippen molar-refractivity contribution in [2.75, 3.05) is 24.7 Å². The van der Waals surface area contributed by atoms with E-state index in [0.29, 0.717) is 16.7 Å². The fourth-order valence-corrected chi connectivity index (χ4v) is 4.13. The molecule has 3 rings (SSSR count). The molecule has 0 N–H and O–H groups in total. The van der Waals surface area contributed by atoms with E-state index in [-0.39, 0.29) is 17.9 Å². The maximum Gasteiger partial charge on any atom is 0.247 e. The zero-order valence-electron chi connectivity index (χ0n) is 12.8. The molecule has 1 unspecified atom stereocenters. The molecular weight excluding hydrogens is 332 g/mol. The monoisotopic (exact) mass is 350 g/mol. The van der Waals surface area contributed by atoms with E-state index < -0.39 is 0 Å². The average Bonchev–Trinajstić information content (AvgIpc) is 3.24. The summed E-state index contributed by atoms with van der Waals surface area (Å²) in [5.41, 5.74) is 0.914. The molecule has 0 aliphatic carbocycles. The van der Waals surface area contributed by atoms with E-state index in [1.165, 1.54) is 0 Å². The first-order valence-corrected chi connectivity index (χ1v) is 9.29. The summed E-state index contributed by atoms with van der Waals surface area (Å²) in [5.74, 6) is 1.26. The van der Waals surface area contributed by atoms with Gasteiger partial charge in [-0.1, -0.05) is 23.7 Å². The highest BCUT2D eigenvalue weighted by Gasteiger charge is 2.36. The van der Waals surface area contributed by atoms with Gasteiger partial charge in [-0.05, 0) is 36.6 Å². The van der Waals surface area contributed by atoms with Crippen LogP contribution >= 0.6 is 23.4 Å². The standard InChI is InChI=1S/C17H19ClN2O2S/c18-14-6-3-13(4-7-14)5-8-16(21)20-12-23-11-15(20)17(22)19-9-1-2-10-19/h3-8,15H,1-2,9-12H2. The third-order valence-electron chi connectivity index (χ3n) is 4.16. The molecule has 6 heteroatoms. The summed E-state index contributed by atoms with van der Waals surface area (Å²) >= 11 is 7.49. The van der Waals surface area contributed by atoms with Gasteiger partial charge >= 0.3 is 0 Å². The van der Waals surface area contributed by atoms with Gasteiger partial charge in [0.2, 0.25) is 11.8 Å². The minimum absolute atomic E-state index is 0.0979. The van der Waals surface area contributed by atoms with Crippen LogP contribution in [0.5, 0.6) is 0 Å². The van der Waals surface area contributed by atoms with Gasteiger partial charge in [0, 0.05) is 29.9 Å². The molecule has 2 aliphatic rings. The number of hydrogen-bond acceptors (Lipinski definition) is 3. The molecule has 0 saturated carbocycles. The summed E-state index contributed by atoms with van der Waals surface area (Å²) in [6, 6.07) is 6.98. The summed E-state index contributed by atoms with van der Waals surface area (Å²) in [4.78, 5) is 28.6. The van der Waals surface area contributed by atoms with Crippen LogP contribution in [0.25, 0.3) is 6.08 Å². The first kappa shape index (κ1) is 16.4. The molecule has 122 valence electrons. The second-order valence-corrected chi connectivity index (χ2v) is 7.18. The summed E-state index contributed by atoms with van der Waals surface area (Å²) < 4.78 is 0. The van der Waals surface area contributed by atoms with Gasteiger partial charge in [-0.15, -0.1) is 11.8 Å². The van der Waals surface area contributed by atoms with Crippen LogP contribution in [-0.4, -0.2) is 52.4 Å². The van der Waals surface area contributed by atoms with Crippen LogP contribution in [0, 0.1) is 0 Å². The molecule has 0 bridgehead atoms. The van der Waals surface area contributed by atoms with Crippen LogP contribution in [0.2, 0.25) is 5.02 Å². The van der Waals surface area contributed by atoms with Crippen molar-refractivity contribution < 1.29 is 9.59 Å². The van der Waals surface area contributed by atoms with Crippen LogP contribution in [0.1, 0.15) is 18.4 Å². The van der Waals surface area contributed by atoms with Gasteiger partial charge in [-0.25, -0.2) is 0 Å². The normalized spacial score (nSPS) is 21.3. The van der Waals surface area contributed by atoms with Crippen molar-refractivity contribution in [3.8, 4) is 0 Å². The van der Waals surface area contributed by atoms with Crippen molar-refractivity contribution in [3.63, 3.8) is 0 Å². The number of benzene rings is 1. The highest BCUT2D eigenvalue weighted by atomic mass is 35.5. The Morgan fingerprint density at radius 3 is 2.57 bits per heavy atom. The number of hydrogen-bond donors (Lipinski definition) is 0. The Morgan fingerprint density at radius 2 is 1.87 bits per heavy atom. The number of carbonyl (C=O) groups excluding carboxylic acids is 2. The van der Waals surface area contributed by atoms with E-state index in [4.69, 9.17) is 11.6 Å². The van der Waals surface area contributed by atoms with E-state index in [1.54, 1.807) is 40.9 Å². The molecule has 0 aromatic heterocycles. The number of likely N-dealkylation sites (tertiary alicyclic amines) is 1. The van der Waals surface area contributed by atoms with E-state index in [9.17, 15) is 9.59 Å². The fourth-order valence-electron chi connectivity index (χ4n) is 2.85. The summed E-state index contributed by atoms with van der Waals surface area (Å²) in [6.45, 7) is 1.64. The summed E-state index contributed by atoms with van der Waals surface area (Å²) in [5, 5.41) is 0.667. The first-order valence-electron chi connectivity index (χ1n) is 7.76. The second kappa shape index (κ2) is 7.41. The molecule has 2 heterocycles. The molecule has 2 aliphatic heterocycles. The van der Waals surface area contributed by atoms with Crippen molar-refractivity contribution in [2.45, 2.75) is 18.9 Å². The Hall–Kier alpha value is -1.46. The molecule has 2 amide bonds. The first-order chi connectivity index (χ1) is 11.1. The third-order valence-corrected chi connectivity index (χ3v) is 5.42. The van der Waals surface area contributed by atoms with E-state index in [2.05, 4.69) is 0 Å². The van der Waals surface area contributed by atoms with Gasteiger partial charge in [0.05, 0.1) is 5.88 Å². The molecular formula is C17H19ClN2O2S. The molecule has 2 fully saturated rings. The van der Waals surface area contributed by atoms with Crippen LogP contribution in [0.4, 0.5) is 0 Å². The van der Waals surface area contributed by atoms with E-state index >= 15 is 0 Å². The third kappa shape index (κ3) is 3.90. The summed E-state index contributed by atoms with van der Waals surface area (Å²) in [6.07, 6.45) is 5.43. The molecule has 1 atom stereocenters. The predicted molar refractivity (Wildman–Crippen MR) is 94.3 cm³/mol. The Bertz CT molecular complexity index is 612. The smallest absolute Gasteiger partial charge is 0.247 e. The minimum Gasteiger partial charge on any atom is -0.341 e. The Kier molecular flexibility index (Phi) is 5.28. The lowest BCUT2D eigenvalue weighted by atomic mass is 10.2. The number of amides is 2. The van der Waals surface area contributed by atoms with Gasteiger partial charge in [-0.2, -0.15) is 0 Å². The quantitative estimate of drug-likeness (QED) is 0.787. The Balaban J connectivity index is 1.65. The molecule has 0 spiro atoms. The van der Waals surface area contributed by atoms with Gasteiger partial charge in [-0.3, -0.25) is 9.59 Å². The van der Waals surface area contributed by atoms with Crippen molar-refractivity contribution in [1.29, 1.82) is 0 Å². The topological polar surface area (TPSA) is 40.6 Å². The van der Waals surface area contributed by atoms with Gasteiger partial charge in [0.15, 0.2) is 0 Å². The SMILES string of the molecule is O=C(C1CSCN1C(=O)C=Cc1ccc(Cl)cc1)N1CCCC1. The van der Waals surface area contributed by atoms with Crippen LogP contribution in [0.15, 0.2) is 30.3 Å². The lowest BCUT2D eigenvalue weighted by Crippen LogP contribution is -2.47. The van der Waals surface area contributed by atoms with Crippen molar-refractivity contribution in [1.82, 2.24) is 9.80 Å². The van der Waals surface area contributed by atoms with Crippen LogP contribution in [-0.2, 0) is 9.59 Å². The van der Waals surface area contributed by atoms with E-state index in [1.807, 2.05) is 17.0 Å². The molecule has 0 radical (unpaired) electrons. The van der Waals surface area contributed by atoms with Gasteiger partial charge in [0.1, 0.15) is 6.04 Å². The van der Waals surface area contributed by atoms with Crippen molar-refractivity contribution >= 4 is 41.3 Å². The number of carbonyl (C=O) groups is 2. The molecule has 1 aromatic carbocycles. The molecule has 2 saturated heterocycles. The largest absolute Gasteiger partial charge is 0.341 e. The Morgan fingerprint density at radius 1 is 1.17 bits per heavy atom. The number of halogens is 1. The number of thioether (sulfide) groups is 1. The summed E-state index contributed by atoms with van der Waals surface area (Å²) in [7, 11) is 0. The van der Waals surface area contributed by atoms with E-state index in [0.717, 1.165) is 31.5 Å². The molecule has 1 aromatic rings. The highest BCUT2D eigenvalue weighted by molar-refractivity contribution is 7.99. The minimum atomic E-state index is -0.319. The van der Waals surface area contributed by atoms with Crippen LogP contribution < -0.4 is 0 Å². The highest BCUT2D eigenvalue weighted by Crippen LogP contribution is 2.24. The molecule has 23 heavy (non-hydrogen) atoms.